The summed E-state index contributed by atoms with van der Waals surface area (Å²) in [6, 6.07) is 18.1. The van der Waals surface area contributed by atoms with Crippen LogP contribution in [0.4, 0.5) is 0 Å². The van der Waals surface area contributed by atoms with E-state index in [0.717, 1.165) is 23.6 Å². The molecule has 0 bridgehead atoms. The third kappa shape index (κ3) is 4.03. The second-order valence-corrected chi connectivity index (χ2v) is 5.70. The SMILES string of the molecule is CCc1nccn1C[C@@H](O)COc1ccc(-c2ccccc2)cc1. The molecule has 1 atom stereocenters. The maximum atomic E-state index is 10.2. The van der Waals surface area contributed by atoms with E-state index in [0.29, 0.717) is 6.54 Å². The van der Waals surface area contributed by atoms with Gasteiger partial charge in [0.25, 0.3) is 0 Å². The molecule has 0 aliphatic heterocycles. The minimum absolute atomic E-state index is 0.256. The summed E-state index contributed by atoms with van der Waals surface area (Å²) < 4.78 is 7.66. The fourth-order valence-corrected chi connectivity index (χ4v) is 2.67. The van der Waals surface area contributed by atoms with E-state index < -0.39 is 6.10 Å². The fraction of sp³-hybridized carbons (Fsp3) is 0.250. The summed E-state index contributed by atoms with van der Waals surface area (Å²) in [7, 11) is 0. The maximum Gasteiger partial charge on any atom is 0.119 e. The molecule has 0 saturated heterocycles. The molecule has 1 aromatic heterocycles. The predicted octanol–water partition coefficient (Wildman–Crippen LogP) is 3.55. The van der Waals surface area contributed by atoms with E-state index in [4.69, 9.17) is 4.74 Å². The molecule has 0 amide bonds. The van der Waals surface area contributed by atoms with Crippen LogP contribution < -0.4 is 4.74 Å². The van der Waals surface area contributed by atoms with Crippen LogP contribution in [0.1, 0.15) is 12.7 Å². The van der Waals surface area contributed by atoms with Gasteiger partial charge in [-0.1, -0.05) is 49.4 Å². The van der Waals surface area contributed by atoms with Crippen LogP contribution in [0, 0.1) is 0 Å². The van der Waals surface area contributed by atoms with Crippen LogP contribution in [0.3, 0.4) is 0 Å². The molecule has 0 spiro atoms. The summed E-state index contributed by atoms with van der Waals surface area (Å²) in [4.78, 5) is 4.26. The largest absolute Gasteiger partial charge is 0.491 e. The second kappa shape index (κ2) is 7.79. The van der Waals surface area contributed by atoms with Crippen LogP contribution in [0.2, 0.25) is 0 Å². The first-order valence-electron chi connectivity index (χ1n) is 8.22. The van der Waals surface area contributed by atoms with Crippen molar-refractivity contribution in [1.29, 1.82) is 0 Å². The van der Waals surface area contributed by atoms with E-state index in [-0.39, 0.29) is 6.61 Å². The van der Waals surface area contributed by atoms with Crippen molar-refractivity contribution in [3.63, 3.8) is 0 Å². The minimum Gasteiger partial charge on any atom is -0.491 e. The third-order valence-corrected chi connectivity index (χ3v) is 3.93. The van der Waals surface area contributed by atoms with E-state index in [1.807, 2.05) is 53.2 Å². The highest BCUT2D eigenvalue weighted by Gasteiger charge is 2.09. The Kier molecular flexibility index (Phi) is 5.29. The van der Waals surface area contributed by atoms with Crippen LogP contribution in [0.15, 0.2) is 67.0 Å². The minimum atomic E-state index is -0.571. The van der Waals surface area contributed by atoms with E-state index >= 15 is 0 Å². The highest BCUT2D eigenvalue weighted by molar-refractivity contribution is 5.63. The average molecular weight is 322 g/mol. The Balaban J connectivity index is 1.55. The van der Waals surface area contributed by atoms with Gasteiger partial charge in [-0.2, -0.15) is 0 Å². The smallest absolute Gasteiger partial charge is 0.119 e. The molecule has 0 fully saturated rings. The van der Waals surface area contributed by atoms with Gasteiger partial charge in [-0.25, -0.2) is 4.98 Å². The molecule has 0 aliphatic carbocycles. The van der Waals surface area contributed by atoms with Gasteiger partial charge in [0.1, 0.15) is 24.3 Å². The van der Waals surface area contributed by atoms with Gasteiger partial charge in [-0.15, -0.1) is 0 Å². The Bertz CT molecular complexity index is 751. The molecule has 1 N–H and O–H groups in total. The number of hydrogen-bond donors (Lipinski definition) is 1. The van der Waals surface area contributed by atoms with Gasteiger partial charge in [0.15, 0.2) is 0 Å². The number of aliphatic hydroxyl groups is 1. The molecule has 0 aliphatic rings. The lowest BCUT2D eigenvalue weighted by atomic mass is 10.1. The van der Waals surface area contributed by atoms with E-state index in [1.165, 1.54) is 5.56 Å². The van der Waals surface area contributed by atoms with Gasteiger partial charge in [0.2, 0.25) is 0 Å². The number of hydrogen-bond acceptors (Lipinski definition) is 3. The van der Waals surface area contributed by atoms with Crippen molar-refractivity contribution in [2.24, 2.45) is 0 Å². The number of aryl methyl sites for hydroxylation is 1. The molecule has 24 heavy (non-hydrogen) atoms. The van der Waals surface area contributed by atoms with Gasteiger partial charge in [-0.3, -0.25) is 0 Å². The lowest BCUT2D eigenvalue weighted by molar-refractivity contribution is 0.0918. The summed E-state index contributed by atoms with van der Waals surface area (Å²) in [6.45, 7) is 2.80. The van der Waals surface area contributed by atoms with Crippen molar-refractivity contribution >= 4 is 0 Å². The molecule has 4 heteroatoms. The first-order chi connectivity index (χ1) is 11.8. The standard InChI is InChI=1S/C20H22N2O2/c1-2-20-21-12-13-22(20)14-18(23)15-24-19-10-8-17(9-11-19)16-6-4-3-5-7-16/h3-13,18,23H,2,14-15H2,1H3/t18-/m1/s1. The van der Waals surface area contributed by atoms with Crippen molar-refractivity contribution in [1.82, 2.24) is 9.55 Å². The lowest BCUT2D eigenvalue weighted by Gasteiger charge is -2.14. The molecule has 124 valence electrons. The van der Waals surface area contributed by atoms with Crippen LogP contribution in [-0.4, -0.2) is 27.4 Å². The summed E-state index contributed by atoms with van der Waals surface area (Å²) >= 11 is 0. The number of rotatable bonds is 7. The molecule has 2 aromatic carbocycles. The summed E-state index contributed by atoms with van der Waals surface area (Å²) in [5, 5.41) is 10.2. The highest BCUT2D eigenvalue weighted by Crippen LogP contribution is 2.22. The molecule has 1 heterocycles. The third-order valence-electron chi connectivity index (χ3n) is 3.93. The summed E-state index contributed by atoms with van der Waals surface area (Å²) in [6.07, 6.45) is 3.92. The van der Waals surface area contributed by atoms with Crippen molar-refractivity contribution in [2.45, 2.75) is 26.0 Å². The fourth-order valence-electron chi connectivity index (χ4n) is 2.67. The van der Waals surface area contributed by atoms with Gasteiger partial charge in [-0.05, 0) is 23.3 Å². The zero-order valence-electron chi connectivity index (χ0n) is 13.8. The predicted molar refractivity (Wildman–Crippen MR) is 95.0 cm³/mol. The average Bonchev–Trinajstić information content (AvgIpc) is 3.08. The van der Waals surface area contributed by atoms with Gasteiger partial charge >= 0.3 is 0 Å². The van der Waals surface area contributed by atoms with Crippen molar-refractivity contribution < 1.29 is 9.84 Å². The van der Waals surface area contributed by atoms with Crippen LogP contribution in [-0.2, 0) is 13.0 Å². The molecular weight excluding hydrogens is 300 g/mol. The van der Waals surface area contributed by atoms with Crippen molar-refractivity contribution in [3.8, 4) is 16.9 Å². The zero-order chi connectivity index (χ0) is 16.8. The van der Waals surface area contributed by atoms with Crippen LogP contribution in [0.25, 0.3) is 11.1 Å². The van der Waals surface area contributed by atoms with Gasteiger partial charge in [0, 0.05) is 18.8 Å². The first-order valence-corrected chi connectivity index (χ1v) is 8.22. The topological polar surface area (TPSA) is 47.3 Å². The normalized spacial score (nSPS) is 12.1. The number of aromatic nitrogens is 2. The number of benzene rings is 2. The zero-order valence-corrected chi connectivity index (χ0v) is 13.8. The van der Waals surface area contributed by atoms with Gasteiger partial charge < -0.3 is 14.4 Å². The number of aliphatic hydroxyl groups excluding tert-OH is 1. The Morgan fingerprint density at radius 2 is 1.75 bits per heavy atom. The number of ether oxygens (including phenoxy) is 1. The van der Waals surface area contributed by atoms with Crippen molar-refractivity contribution in [2.75, 3.05) is 6.61 Å². The Labute approximate surface area is 142 Å². The maximum absolute atomic E-state index is 10.2. The molecule has 3 aromatic rings. The van der Waals surface area contributed by atoms with E-state index in [1.54, 1.807) is 6.20 Å². The summed E-state index contributed by atoms with van der Waals surface area (Å²) in [5.74, 6) is 1.73. The quantitative estimate of drug-likeness (QED) is 0.723. The van der Waals surface area contributed by atoms with Crippen molar-refractivity contribution in [3.05, 3.63) is 72.8 Å². The second-order valence-electron chi connectivity index (χ2n) is 5.70. The molecule has 0 radical (unpaired) electrons. The molecule has 0 saturated carbocycles. The van der Waals surface area contributed by atoms with E-state index in [2.05, 4.69) is 24.0 Å². The van der Waals surface area contributed by atoms with E-state index in [9.17, 15) is 5.11 Å². The highest BCUT2D eigenvalue weighted by atomic mass is 16.5. The van der Waals surface area contributed by atoms with Crippen LogP contribution in [0.5, 0.6) is 5.75 Å². The molecule has 4 nitrogen and oxygen atoms in total. The lowest BCUT2D eigenvalue weighted by Crippen LogP contribution is -2.24. The molecule has 3 rings (SSSR count). The van der Waals surface area contributed by atoms with Crippen LogP contribution >= 0.6 is 0 Å². The first kappa shape index (κ1) is 16.3. The Hall–Kier alpha value is -2.59. The van der Waals surface area contributed by atoms with Gasteiger partial charge in [0.05, 0.1) is 6.54 Å². The molecular formula is C20H22N2O2. The monoisotopic (exact) mass is 322 g/mol. The summed E-state index contributed by atoms with van der Waals surface area (Å²) in [5.41, 5.74) is 2.32. The molecule has 0 unspecified atom stereocenters. The Morgan fingerprint density at radius 1 is 1.04 bits per heavy atom. The number of imidazole rings is 1. The Morgan fingerprint density at radius 3 is 2.46 bits per heavy atom. The number of nitrogens with zero attached hydrogens (tertiary/aromatic N) is 2.